The summed E-state index contributed by atoms with van der Waals surface area (Å²) in [6, 6.07) is 12.7. The average Bonchev–Trinajstić information content (AvgIpc) is 2.77. The lowest BCUT2D eigenvalue weighted by Crippen LogP contribution is -2.46. The Bertz CT molecular complexity index is 1140. The third kappa shape index (κ3) is 5.14. The third-order valence-corrected chi connectivity index (χ3v) is 5.92. The van der Waals surface area contributed by atoms with Crippen LogP contribution in [0.5, 0.6) is 5.75 Å². The fourth-order valence-corrected chi connectivity index (χ4v) is 4.17. The van der Waals surface area contributed by atoms with Gasteiger partial charge in [0.25, 0.3) is 0 Å². The Kier molecular flexibility index (Phi) is 6.53. The van der Waals surface area contributed by atoms with E-state index in [2.05, 4.69) is 9.80 Å². The second-order valence-electron chi connectivity index (χ2n) is 7.98. The number of rotatable bonds is 6. The van der Waals surface area contributed by atoms with E-state index >= 15 is 0 Å². The number of hydrogen-bond acceptors (Lipinski definition) is 5. The van der Waals surface area contributed by atoms with Crippen LogP contribution in [0.25, 0.3) is 11.0 Å². The van der Waals surface area contributed by atoms with E-state index in [-0.39, 0.29) is 0 Å². The molecule has 0 spiro atoms. The highest BCUT2D eigenvalue weighted by molar-refractivity contribution is 5.81. The Morgan fingerprint density at radius 2 is 1.69 bits per heavy atom. The summed E-state index contributed by atoms with van der Waals surface area (Å²) in [5, 5.41) is 0.872. The van der Waals surface area contributed by atoms with Gasteiger partial charge in [-0.1, -0.05) is 18.2 Å². The standard InChI is InChI=1S/C24H25F3N2O3/c1-31-19-6-7-20-18(14-23(30)32-22(20)15-19)16-29-12-10-28(11-13-29)9-8-17-4-2-3-5-21(17)24(25,26)27/h2-7,14-15H,8-13,16H2,1H3. The second kappa shape index (κ2) is 9.34. The lowest BCUT2D eigenvalue weighted by Gasteiger charge is -2.35. The van der Waals surface area contributed by atoms with Gasteiger partial charge in [-0.15, -0.1) is 0 Å². The maximum atomic E-state index is 13.2. The molecule has 0 N–H and O–H groups in total. The minimum Gasteiger partial charge on any atom is -0.497 e. The van der Waals surface area contributed by atoms with E-state index in [9.17, 15) is 18.0 Å². The SMILES string of the molecule is COc1ccc2c(CN3CCN(CCc4ccccc4C(F)(F)F)CC3)cc(=O)oc2c1. The number of hydrogen-bond donors (Lipinski definition) is 0. The summed E-state index contributed by atoms with van der Waals surface area (Å²) in [4.78, 5) is 16.4. The van der Waals surface area contributed by atoms with Gasteiger partial charge in [0.15, 0.2) is 0 Å². The van der Waals surface area contributed by atoms with E-state index < -0.39 is 17.4 Å². The summed E-state index contributed by atoms with van der Waals surface area (Å²) in [6.45, 7) is 4.28. The molecule has 3 aromatic rings. The van der Waals surface area contributed by atoms with Crippen LogP contribution in [0.15, 0.2) is 57.7 Å². The van der Waals surface area contributed by atoms with E-state index in [4.69, 9.17) is 9.15 Å². The molecule has 1 aromatic heterocycles. The molecule has 0 bridgehead atoms. The third-order valence-electron chi connectivity index (χ3n) is 5.92. The summed E-state index contributed by atoms with van der Waals surface area (Å²) in [5.41, 5.74) is 0.772. The van der Waals surface area contributed by atoms with Gasteiger partial charge in [-0.05, 0) is 35.7 Å². The summed E-state index contributed by atoms with van der Waals surface area (Å²) >= 11 is 0. The summed E-state index contributed by atoms with van der Waals surface area (Å²) in [6.07, 6.45) is -3.97. The lowest BCUT2D eigenvalue weighted by molar-refractivity contribution is -0.138. The Morgan fingerprint density at radius 3 is 2.41 bits per heavy atom. The molecule has 0 aliphatic carbocycles. The molecule has 1 fully saturated rings. The van der Waals surface area contributed by atoms with Crippen molar-refractivity contribution in [2.24, 2.45) is 0 Å². The second-order valence-corrected chi connectivity index (χ2v) is 7.98. The van der Waals surface area contributed by atoms with Crippen molar-refractivity contribution in [3.63, 3.8) is 0 Å². The van der Waals surface area contributed by atoms with Gasteiger partial charge in [-0.25, -0.2) is 4.79 Å². The largest absolute Gasteiger partial charge is 0.497 e. The first-order valence-corrected chi connectivity index (χ1v) is 10.5. The van der Waals surface area contributed by atoms with Gasteiger partial charge in [-0.3, -0.25) is 4.90 Å². The molecular formula is C24H25F3N2O3. The van der Waals surface area contributed by atoms with Crippen molar-refractivity contribution in [1.29, 1.82) is 0 Å². The quantitative estimate of drug-likeness (QED) is 0.532. The maximum absolute atomic E-state index is 13.2. The van der Waals surface area contributed by atoms with E-state index in [1.807, 2.05) is 12.1 Å². The van der Waals surface area contributed by atoms with Gasteiger partial charge >= 0.3 is 11.8 Å². The minimum absolute atomic E-state index is 0.334. The minimum atomic E-state index is -4.33. The Labute approximate surface area is 184 Å². The van der Waals surface area contributed by atoms with Crippen LogP contribution in [0.4, 0.5) is 13.2 Å². The maximum Gasteiger partial charge on any atom is 0.416 e. The zero-order chi connectivity index (χ0) is 22.7. The van der Waals surface area contributed by atoms with Gasteiger partial charge < -0.3 is 14.1 Å². The van der Waals surface area contributed by atoms with Gasteiger partial charge in [0.05, 0.1) is 12.7 Å². The normalized spacial score (nSPS) is 15.9. The van der Waals surface area contributed by atoms with E-state index in [0.717, 1.165) is 43.2 Å². The smallest absolute Gasteiger partial charge is 0.416 e. The molecule has 0 radical (unpaired) electrons. The number of piperazine rings is 1. The zero-order valence-corrected chi connectivity index (χ0v) is 17.8. The molecule has 2 heterocycles. The van der Waals surface area contributed by atoms with Crippen LogP contribution in [0, 0.1) is 0 Å². The fraction of sp³-hybridized carbons (Fsp3) is 0.375. The monoisotopic (exact) mass is 446 g/mol. The number of ether oxygens (including phenoxy) is 1. The molecular weight excluding hydrogens is 421 g/mol. The predicted octanol–water partition coefficient (Wildman–Crippen LogP) is 4.18. The van der Waals surface area contributed by atoms with Crippen LogP contribution in [-0.2, 0) is 19.1 Å². The number of methoxy groups -OCH3 is 1. The summed E-state index contributed by atoms with van der Waals surface area (Å²) in [7, 11) is 1.56. The van der Waals surface area contributed by atoms with Crippen LogP contribution in [0.3, 0.4) is 0 Å². The summed E-state index contributed by atoms with van der Waals surface area (Å²) < 4.78 is 50.1. The highest BCUT2D eigenvalue weighted by atomic mass is 19.4. The topological polar surface area (TPSA) is 45.9 Å². The number of nitrogens with zero attached hydrogens (tertiary/aromatic N) is 2. The van der Waals surface area contributed by atoms with Crippen LogP contribution in [-0.4, -0.2) is 49.6 Å². The molecule has 170 valence electrons. The molecule has 8 heteroatoms. The van der Waals surface area contributed by atoms with Crippen LogP contribution in [0.2, 0.25) is 0 Å². The molecule has 2 aromatic carbocycles. The van der Waals surface area contributed by atoms with Crippen molar-refractivity contribution < 1.29 is 22.3 Å². The van der Waals surface area contributed by atoms with Crippen molar-refractivity contribution in [3.8, 4) is 5.75 Å². The van der Waals surface area contributed by atoms with Crippen LogP contribution in [0.1, 0.15) is 16.7 Å². The zero-order valence-electron chi connectivity index (χ0n) is 17.8. The number of halogens is 3. The van der Waals surface area contributed by atoms with Crippen LogP contribution >= 0.6 is 0 Å². The highest BCUT2D eigenvalue weighted by Gasteiger charge is 2.32. The predicted molar refractivity (Wildman–Crippen MR) is 116 cm³/mol. The van der Waals surface area contributed by atoms with Crippen molar-refractivity contribution >= 4 is 11.0 Å². The Morgan fingerprint density at radius 1 is 0.969 bits per heavy atom. The van der Waals surface area contributed by atoms with Crippen molar-refractivity contribution in [2.45, 2.75) is 19.1 Å². The lowest BCUT2D eigenvalue weighted by atomic mass is 10.0. The van der Waals surface area contributed by atoms with Crippen molar-refractivity contribution in [3.05, 3.63) is 75.6 Å². The molecule has 5 nitrogen and oxygen atoms in total. The first-order chi connectivity index (χ1) is 15.3. The average molecular weight is 446 g/mol. The first kappa shape index (κ1) is 22.4. The van der Waals surface area contributed by atoms with Crippen LogP contribution < -0.4 is 10.4 Å². The Balaban J connectivity index is 1.37. The molecule has 0 saturated carbocycles. The van der Waals surface area contributed by atoms with Crippen molar-refractivity contribution in [1.82, 2.24) is 9.80 Å². The molecule has 1 saturated heterocycles. The number of alkyl halides is 3. The highest BCUT2D eigenvalue weighted by Crippen LogP contribution is 2.32. The van der Waals surface area contributed by atoms with Crippen molar-refractivity contribution in [2.75, 3.05) is 39.8 Å². The van der Waals surface area contributed by atoms with Gasteiger partial charge in [0.2, 0.25) is 0 Å². The molecule has 0 atom stereocenters. The Hall–Kier alpha value is -2.84. The summed E-state index contributed by atoms with van der Waals surface area (Å²) in [5.74, 6) is 0.624. The number of benzene rings is 2. The van der Waals surface area contributed by atoms with E-state index in [0.29, 0.717) is 36.4 Å². The first-order valence-electron chi connectivity index (χ1n) is 10.5. The molecule has 0 unspecified atom stereocenters. The molecule has 1 aliphatic heterocycles. The fourth-order valence-electron chi connectivity index (χ4n) is 4.17. The molecule has 0 amide bonds. The molecule has 1 aliphatic rings. The number of fused-ring (bicyclic) bond motifs is 1. The van der Waals surface area contributed by atoms with Gasteiger partial charge in [0.1, 0.15) is 11.3 Å². The van der Waals surface area contributed by atoms with E-state index in [1.165, 1.54) is 12.1 Å². The molecule has 4 rings (SSSR count). The molecule has 32 heavy (non-hydrogen) atoms. The van der Waals surface area contributed by atoms with Gasteiger partial charge in [-0.2, -0.15) is 13.2 Å². The van der Waals surface area contributed by atoms with Gasteiger partial charge in [0, 0.05) is 56.8 Å². The van der Waals surface area contributed by atoms with E-state index in [1.54, 1.807) is 25.3 Å².